The lowest BCUT2D eigenvalue weighted by atomic mass is 9.95. The maximum Gasteiger partial charge on any atom is 0.251 e. The van der Waals surface area contributed by atoms with Gasteiger partial charge in [-0.05, 0) is 49.6 Å². The van der Waals surface area contributed by atoms with Gasteiger partial charge in [0.15, 0.2) is 0 Å². The van der Waals surface area contributed by atoms with Crippen molar-refractivity contribution in [2.45, 2.75) is 47.2 Å². The van der Waals surface area contributed by atoms with Gasteiger partial charge in [-0.25, -0.2) is 0 Å². The zero-order valence-corrected chi connectivity index (χ0v) is 14.6. The molecule has 0 radical (unpaired) electrons. The summed E-state index contributed by atoms with van der Waals surface area (Å²) in [6, 6.07) is 10.8. The van der Waals surface area contributed by atoms with Crippen molar-refractivity contribution in [3.8, 4) is 0 Å². The highest BCUT2D eigenvalue weighted by Crippen LogP contribution is 2.32. The molecule has 6 heteroatoms. The van der Waals surface area contributed by atoms with Crippen LogP contribution in [0.3, 0.4) is 0 Å². The molecule has 2 aliphatic rings. The summed E-state index contributed by atoms with van der Waals surface area (Å²) in [5, 5.41) is 7.34. The second-order valence-electron chi connectivity index (χ2n) is 6.30. The average molecular weight is 360 g/mol. The number of benzene rings is 1. The van der Waals surface area contributed by atoms with Crippen molar-refractivity contribution >= 4 is 29.3 Å². The summed E-state index contributed by atoms with van der Waals surface area (Å²) in [5.41, 5.74) is 0.697. The third kappa shape index (κ3) is 3.29. The average Bonchev–Trinajstić information content (AvgIpc) is 3.20. The van der Waals surface area contributed by atoms with Gasteiger partial charge in [0.05, 0.1) is 5.02 Å². The van der Waals surface area contributed by atoms with Gasteiger partial charge in [-0.1, -0.05) is 23.4 Å². The lowest BCUT2D eigenvalue weighted by molar-refractivity contribution is 0.0931. The fraction of sp³-hybridized carbons (Fsp3) is 0.333. The second-order valence-corrected chi connectivity index (χ2v) is 7.82. The van der Waals surface area contributed by atoms with E-state index < -0.39 is 0 Å². The number of nitrogens with zero attached hydrogens (tertiary/aromatic N) is 1. The summed E-state index contributed by atoms with van der Waals surface area (Å²) in [5.74, 6) is 0.00726. The lowest BCUT2D eigenvalue weighted by Crippen LogP contribution is -2.42. The first kappa shape index (κ1) is 15.9. The SMILES string of the molecule is O=C(NC1CC2CCC1N2)c1ccc(Sc2ccncc2Cl)cc1. The van der Waals surface area contributed by atoms with E-state index in [1.54, 1.807) is 24.2 Å². The fourth-order valence-electron chi connectivity index (χ4n) is 3.48. The Morgan fingerprint density at radius 3 is 2.75 bits per heavy atom. The number of hydrogen-bond acceptors (Lipinski definition) is 4. The third-order valence-corrected chi connectivity index (χ3v) is 6.19. The normalized spacial score (nSPS) is 25.0. The van der Waals surface area contributed by atoms with Crippen LogP contribution >= 0.6 is 23.4 Å². The van der Waals surface area contributed by atoms with Crippen LogP contribution in [0.1, 0.15) is 29.6 Å². The second kappa shape index (κ2) is 6.75. The lowest BCUT2D eigenvalue weighted by Gasteiger charge is -2.21. The van der Waals surface area contributed by atoms with Gasteiger partial charge < -0.3 is 10.6 Å². The van der Waals surface area contributed by atoms with E-state index in [0.717, 1.165) is 22.6 Å². The van der Waals surface area contributed by atoms with Crippen molar-refractivity contribution in [1.29, 1.82) is 0 Å². The molecule has 2 aliphatic heterocycles. The number of fused-ring (bicyclic) bond motifs is 2. The fourth-order valence-corrected chi connectivity index (χ4v) is 4.52. The van der Waals surface area contributed by atoms with Crippen LogP contribution in [-0.4, -0.2) is 29.0 Å². The maximum atomic E-state index is 12.4. The number of hydrogen-bond donors (Lipinski definition) is 2. The minimum absolute atomic E-state index is 0.00726. The predicted octanol–water partition coefficient (Wildman–Crippen LogP) is 3.51. The first-order chi connectivity index (χ1) is 11.7. The molecule has 2 saturated heterocycles. The van der Waals surface area contributed by atoms with Gasteiger partial charge in [-0.3, -0.25) is 9.78 Å². The van der Waals surface area contributed by atoms with Crippen molar-refractivity contribution in [2.24, 2.45) is 0 Å². The quantitative estimate of drug-likeness (QED) is 0.877. The number of carbonyl (C=O) groups excluding carboxylic acids is 1. The van der Waals surface area contributed by atoms with Crippen LogP contribution in [0.4, 0.5) is 0 Å². The Kier molecular flexibility index (Phi) is 4.48. The zero-order valence-electron chi connectivity index (χ0n) is 13.0. The van der Waals surface area contributed by atoms with Gasteiger partial charge >= 0.3 is 0 Å². The van der Waals surface area contributed by atoms with Gasteiger partial charge in [0, 0.05) is 45.9 Å². The first-order valence-corrected chi connectivity index (χ1v) is 9.33. The van der Waals surface area contributed by atoms with E-state index in [9.17, 15) is 4.79 Å². The van der Waals surface area contributed by atoms with Crippen molar-refractivity contribution in [3.05, 3.63) is 53.3 Å². The number of amides is 1. The topological polar surface area (TPSA) is 54.0 Å². The molecule has 3 heterocycles. The monoisotopic (exact) mass is 359 g/mol. The molecular weight excluding hydrogens is 342 g/mol. The van der Waals surface area contributed by atoms with Gasteiger partial charge in [-0.2, -0.15) is 0 Å². The van der Waals surface area contributed by atoms with Crippen LogP contribution in [0.25, 0.3) is 0 Å². The molecule has 2 N–H and O–H groups in total. The number of rotatable bonds is 4. The Morgan fingerprint density at radius 1 is 1.25 bits per heavy atom. The summed E-state index contributed by atoms with van der Waals surface area (Å²) in [6.07, 6.45) is 6.80. The number of halogens is 1. The highest BCUT2D eigenvalue weighted by atomic mass is 35.5. The van der Waals surface area contributed by atoms with E-state index in [1.165, 1.54) is 6.42 Å². The van der Waals surface area contributed by atoms with E-state index in [-0.39, 0.29) is 11.9 Å². The number of nitrogens with one attached hydrogen (secondary N) is 2. The summed E-state index contributed by atoms with van der Waals surface area (Å²) in [6.45, 7) is 0. The van der Waals surface area contributed by atoms with Crippen molar-refractivity contribution in [1.82, 2.24) is 15.6 Å². The molecule has 4 rings (SSSR count). The van der Waals surface area contributed by atoms with Gasteiger partial charge in [0.2, 0.25) is 0 Å². The maximum absolute atomic E-state index is 12.4. The van der Waals surface area contributed by atoms with Crippen molar-refractivity contribution < 1.29 is 4.79 Å². The number of aromatic nitrogens is 1. The molecule has 0 saturated carbocycles. The van der Waals surface area contributed by atoms with Gasteiger partial charge in [-0.15, -0.1) is 0 Å². The molecule has 2 aromatic rings. The molecular formula is C18H18ClN3OS. The van der Waals surface area contributed by atoms with E-state index in [2.05, 4.69) is 15.6 Å². The number of pyridine rings is 1. The molecule has 4 nitrogen and oxygen atoms in total. The molecule has 2 fully saturated rings. The summed E-state index contributed by atoms with van der Waals surface area (Å²) in [4.78, 5) is 18.4. The van der Waals surface area contributed by atoms with E-state index in [1.807, 2.05) is 30.3 Å². The van der Waals surface area contributed by atoms with Crippen molar-refractivity contribution in [3.63, 3.8) is 0 Å². The molecule has 0 aliphatic carbocycles. The molecule has 3 atom stereocenters. The van der Waals surface area contributed by atoms with Crippen LogP contribution in [0.2, 0.25) is 5.02 Å². The van der Waals surface area contributed by atoms with Gasteiger partial charge in [0.1, 0.15) is 0 Å². The number of carbonyl (C=O) groups is 1. The van der Waals surface area contributed by atoms with Crippen LogP contribution in [0.15, 0.2) is 52.5 Å². The van der Waals surface area contributed by atoms with Crippen LogP contribution < -0.4 is 10.6 Å². The third-order valence-electron chi connectivity index (χ3n) is 4.70. The molecule has 3 unspecified atom stereocenters. The molecule has 124 valence electrons. The Balaban J connectivity index is 1.40. The molecule has 0 spiro atoms. The molecule has 2 bridgehead atoms. The summed E-state index contributed by atoms with van der Waals surface area (Å²) < 4.78 is 0. The summed E-state index contributed by atoms with van der Waals surface area (Å²) in [7, 11) is 0. The Hall–Kier alpha value is -1.56. The largest absolute Gasteiger partial charge is 0.348 e. The van der Waals surface area contributed by atoms with Crippen LogP contribution in [0, 0.1) is 0 Å². The zero-order chi connectivity index (χ0) is 16.5. The Bertz CT molecular complexity index is 752. The highest BCUT2D eigenvalue weighted by molar-refractivity contribution is 7.99. The molecule has 1 aromatic heterocycles. The van der Waals surface area contributed by atoms with E-state index >= 15 is 0 Å². The van der Waals surface area contributed by atoms with Crippen molar-refractivity contribution in [2.75, 3.05) is 0 Å². The molecule has 1 amide bonds. The predicted molar refractivity (Wildman–Crippen MR) is 95.6 cm³/mol. The minimum atomic E-state index is 0.00726. The Morgan fingerprint density at radius 2 is 2.08 bits per heavy atom. The van der Waals surface area contributed by atoms with E-state index in [4.69, 9.17) is 11.6 Å². The summed E-state index contributed by atoms with van der Waals surface area (Å²) >= 11 is 7.69. The Labute approximate surface area is 150 Å². The van der Waals surface area contributed by atoms with Crippen LogP contribution in [0.5, 0.6) is 0 Å². The smallest absolute Gasteiger partial charge is 0.251 e. The standard InChI is InChI=1S/C18H18ClN3OS/c19-14-10-20-8-7-17(14)24-13-4-1-11(2-5-13)18(23)22-16-9-12-3-6-15(16)21-12/h1-2,4-5,7-8,10,12,15-16,21H,3,6,9H2,(H,22,23). The van der Waals surface area contributed by atoms with Crippen LogP contribution in [-0.2, 0) is 0 Å². The first-order valence-electron chi connectivity index (χ1n) is 8.13. The van der Waals surface area contributed by atoms with E-state index in [0.29, 0.717) is 22.7 Å². The highest BCUT2D eigenvalue weighted by Gasteiger charge is 2.39. The minimum Gasteiger partial charge on any atom is -0.348 e. The molecule has 1 aromatic carbocycles. The molecule has 24 heavy (non-hydrogen) atoms. The van der Waals surface area contributed by atoms with Gasteiger partial charge in [0.25, 0.3) is 5.91 Å².